The lowest BCUT2D eigenvalue weighted by Crippen LogP contribution is -2.35. The molecular formula is C13H16N2O5. The summed E-state index contributed by atoms with van der Waals surface area (Å²) in [5, 5.41) is 17.8. The molecule has 1 rings (SSSR count). The summed E-state index contributed by atoms with van der Waals surface area (Å²) in [5.41, 5.74) is 5.94. The number of amides is 1. The van der Waals surface area contributed by atoms with Gasteiger partial charge in [-0.15, -0.1) is 0 Å². The normalized spacial score (nSPS) is 11.7. The van der Waals surface area contributed by atoms with E-state index in [9.17, 15) is 14.4 Å². The third kappa shape index (κ3) is 4.27. The van der Waals surface area contributed by atoms with Gasteiger partial charge in [-0.05, 0) is 24.3 Å². The summed E-state index contributed by atoms with van der Waals surface area (Å²) in [6.45, 7) is 1.22. The Balaban J connectivity index is 2.94. The van der Waals surface area contributed by atoms with Crippen molar-refractivity contribution in [2.24, 2.45) is 11.7 Å². The fourth-order valence-corrected chi connectivity index (χ4v) is 1.67. The van der Waals surface area contributed by atoms with Crippen LogP contribution in [0.3, 0.4) is 0 Å². The molecule has 7 nitrogen and oxygen atoms in total. The fourth-order valence-electron chi connectivity index (χ4n) is 1.67. The van der Waals surface area contributed by atoms with Crippen LogP contribution in [0.4, 0.5) is 5.69 Å². The van der Waals surface area contributed by atoms with Crippen molar-refractivity contribution < 1.29 is 24.6 Å². The molecule has 4 N–H and O–H groups in total. The molecule has 0 saturated heterocycles. The highest BCUT2D eigenvalue weighted by molar-refractivity contribution is 5.93. The molecule has 0 aliphatic rings. The van der Waals surface area contributed by atoms with Crippen LogP contribution >= 0.6 is 0 Å². The van der Waals surface area contributed by atoms with Gasteiger partial charge in [0.15, 0.2) is 0 Å². The number of primary amides is 1. The molecule has 1 amide bonds. The van der Waals surface area contributed by atoms with Gasteiger partial charge in [-0.25, -0.2) is 0 Å². The molecule has 0 saturated carbocycles. The number of aliphatic carboxylic acids is 2. The zero-order valence-corrected chi connectivity index (χ0v) is 10.9. The van der Waals surface area contributed by atoms with Crippen LogP contribution in [0.1, 0.15) is 17.3 Å². The molecule has 7 heteroatoms. The number of benzene rings is 1. The smallest absolute Gasteiger partial charge is 0.323 e. The topological polar surface area (TPSA) is 121 Å². The van der Waals surface area contributed by atoms with E-state index < -0.39 is 23.8 Å². The highest BCUT2D eigenvalue weighted by Crippen LogP contribution is 2.17. The molecule has 1 aromatic carbocycles. The molecule has 0 spiro atoms. The Morgan fingerprint density at radius 1 is 1.20 bits per heavy atom. The second-order valence-electron chi connectivity index (χ2n) is 4.42. The van der Waals surface area contributed by atoms with Gasteiger partial charge in [0.05, 0.1) is 5.92 Å². The maximum absolute atomic E-state index is 11.0. The Hall–Kier alpha value is -2.57. The molecule has 0 bridgehead atoms. The van der Waals surface area contributed by atoms with Crippen LogP contribution in [0.2, 0.25) is 0 Å². The Bertz CT molecular complexity index is 512. The quantitative estimate of drug-likeness (QED) is 0.664. The largest absolute Gasteiger partial charge is 0.481 e. The van der Waals surface area contributed by atoms with Crippen LogP contribution in [-0.4, -0.2) is 41.1 Å². The standard InChI is InChI=1S/C13H16N2O5/c1-8(13(19)20)6-15(7-11(16)17)10-4-2-9(3-5-10)12(14)18/h2-5,8H,6-7H2,1H3,(H2,14,18)(H,16,17)(H,19,20). The number of nitrogens with two attached hydrogens (primary N) is 1. The van der Waals surface area contributed by atoms with Gasteiger partial charge in [-0.2, -0.15) is 0 Å². The lowest BCUT2D eigenvalue weighted by atomic mass is 10.1. The van der Waals surface area contributed by atoms with E-state index >= 15 is 0 Å². The number of nitrogens with zero attached hydrogens (tertiary/aromatic N) is 1. The molecule has 108 valence electrons. The van der Waals surface area contributed by atoms with Crippen molar-refractivity contribution in [2.75, 3.05) is 18.0 Å². The SMILES string of the molecule is CC(CN(CC(=O)O)c1ccc(C(N)=O)cc1)C(=O)O. The first-order chi connectivity index (χ1) is 9.31. The van der Waals surface area contributed by atoms with Crippen molar-refractivity contribution in [1.29, 1.82) is 0 Å². The molecule has 20 heavy (non-hydrogen) atoms. The second kappa shape index (κ2) is 6.55. The molecular weight excluding hydrogens is 264 g/mol. The van der Waals surface area contributed by atoms with Crippen molar-refractivity contribution >= 4 is 23.5 Å². The van der Waals surface area contributed by atoms with E-state index in [0.29, 0.717) is 11.3 Å². The Labute approximate surface area is 115 Å². The van der Waals surface area contributed by atoms with Gasteiger partial charge < -0.3 is 20.8 Å². The Morgan fingerprint density at radius 3 is 2.15 bits per heavy atom. The maximum atomic E-state index is 11.0. The van der Waals surface area contributed by atoms with E-state index in [4.69, 9.17) is 15.9 Å². The predicted octanol–water partition coefficient (Wildman–Crippen LogP) is 0.397. The first-order valence-electron chi connectivity index (χ1n) is 5.90. The third-order valence-corrected chi connectivity index (χ3v) is 2.76. The van der Waals surface area contributed by atoms with E-state index in [1.165, 1.54) is 36.1 Å². The summed E-state index contributed by atoms with van der Waals surface area (Å²) >= 11 is 0. The van der Waals surface area contributed by atoms with E-state index in [1.54, 1.807) is 0 Å². The summed E-state index contributed by atoms with van der Waals surface area (Å²) in [4.78, 5) is 34.1. The van der Waals surface area contributed by atoms with Gasteiger partial charge in [-0.1, -0.05) is 6.92 Å². The third-order valence-electron chi connectivity index (χ3n) is 2.76. The van der Waals surface area contributed by atoms with Crippen molar-refractivity contribution in [1.82, 2.24) is 0 Å². The number of rotatable bonds is 7. The zero-order valence-electron chi connectivity index (χ0n) is 10.9. The highest BCUT2D eigenvalue weighted by atomic mass is 16.4. The first-order valence-corrected chi connectivity index (χ1v) is 5.90. The molecule has 0 heterocycles. The van der Waals surface area contributed by atoms with E-state index in [-0.39, 0.29) is 13.1 Å². The number of hydrogen-bond donors (Lipinski definition) is 3. The van der Waals surface area contributed by atoms with Crippen molar-refractivity contribution in [3.8, 4) is 0 Å². The molecule has 0 aromatic heterocycles. The lowest BCUT2D eigenvalue weighted by molar-refractivity contribution is -0.141. The summed E-state index contributed by atoms with van der Waals surface area (Å²) in [5.74, 6) is -3.37. The van der Waals surface area contributed by atoms with Crippen LogP contribution in [0.5, 0.6) is 0 Å². The van der Waals surface area contributed by atoms with Crippen LogP contribution in [0.25, 0.3) is 0 Å². The highest BCUT2D eigenvalue weighted by Gasteiger charge is 2.18. The van der Waals surface area contributed by atoms with Crippen LogP contribution in [0.15, 0.2) is 24.3 Å². The monoisotopic (exact) mass is 280 g/mol. The molecule has 0 radical (unpaired) electrons. The van der Waals surface area contributed by atoms with Crippen LogP contribution in [-0.2, 0) is 9.59 Å². The van der Waals surface area contributed by atoms with Gasteiger partial charge in [0, 0.05) is 17.8 Å². The Morgan fingerprint density at radius 2 is 1.75 bits per heavy atom. The average Bonchev–Trinajstić information content (AvgIpc) is 2.37. The number of hydrogen-bond acceptors (Lipinski definition) is 4. The predicted molar refractivity (Wildman–Crippen MR) is 71.6 cm³/mol. The van der Waals surface area contributed by atoms with E-state index in [2.05, 4.69) is 0 Å². The number of carboxylic acids is 2. The summed E-state index contributed by atoms with van der Waals surface area (Å²) in [6, 6.07) is 6.02. The molecule has 0 aliphatic heterocycles. The average molecular weight is 280 g/mol. The lowest BCUT2D eigenvalue weighted by Gasteiger charge is -2.24. The second-order valence-corrected chi connectivity index (χ2v) is 4.42. The van der Waals surface area contributed by atoms with Crippen LogP contribution in [0, 0.1) is 5.92 Å². The van der Waals surface area contributed by atoms with Gasteiger partial charge in [0.25, 0.3) is 0 Å². The summed E-state index contributed by atoms with van der Waals surface area (Å²) < 4.78 is 0. The van der Waals surface area contributed by atoms with E-state index in [1.807, 2.05) is 0 Å². The van der Waals surface area contributed by atoms with Crippen molar-refractivity contribution in [3.05, 3.63) is 29.8 Å². The van der Waals surface area contributed by atoms with Gasteiger partial charge in [0.1, 0.15) is 6.54 Å². The number of anilines is 1. The molecule has 0 aliphatic carbocycles. The van der Waals surface area contributed by atoms with E-state index in [0.717, 1.165) is 0 Å². The van der Waals surface area contributed by atoms with Crippen LogP contribution < -0.4 is 10.6 Å². The summed E-state index contributed by atoms with van der Waals surface area (Å²) in [6.07, 6.45) is 0. The number of carbonyl (C=O) groups excluding carboxylic acids is 1. The first kappa shape index (κ1) is 15.5. The minimum absolute atomic E-state index is 0.0531. The minimum Gasteiger partial charge on any atom is -0.481 e. The van der Waals surface area contributed by atoms with Gasteiger partial charge in [-0.3, -0.25) is 14.4 Å². The van der Waals surface area contributed by atoms with Crippen molar-refractivity contribution in [2.45, 2.75) is 6.92 Å². The number of carbonyl (C=O) groups is 3. The maximum Gasteiger partial charge on any atom is 0.323 e. The Kier molecular flexibility index (Phi) is 5.08. The summed E-state index contributed by atoms with van der Waals surface area (Å²) in [7, 11) is 0. The van der Waals surface area contributed by atoms with Gasteiger partial charge >= 0.3 is 11.9 Å². The molecule has 0 fully saturated rings. The minimum atomic E-state index is -1.07. The van der Waals surface area contributed by atoms with Crippen molar-refractivity contribution in [3.63, 3.8) is 0 Å². The number of carboxylic acid groups (broad SMARTS) is 2. The zero-order chi connectivity index (χ0) is 15.3. The fraction of sp³-hybridized carbons (Fsp3) is 0.308. The molecule has 1 atom stereocenters. The van der Waals surface area contributed by atoms with Gasteiger partial charge in [0.2, 0.25) is 5.91 Å². The molecule has 1 unspecified atom stereocenters. The molecule has 1 aromatic rings.